The standard InChI is InChI=1S/C60H48N4/c1-7-19-49(20-8-1)61(50-21-9-2-10-22-50)57-39-43-59(44-40-57)63(53-27-15-5-16-28-53)55-35-31-47(32-36-55)48-33-37-56(38-34-48)64(54-29-17-6-18-30-54)60-45-41-58(42-46-60)62(51-23-11-3-12-24-51)52-25-13-4-14-26-52/h1-3,5-13,15-46H,4,14H2. The Balaban J connectivity index is 0.929. The van der Waals surface area contributed by atoms with E-state index >= 15 is 0 Å². The van der Waals surface area contributed by atoms with Crippen LogP contribution in [-0.4, -0.2) is 0 Å². The minimum absolute atomic E-state index is 1.04. The van der Waals surface area contributed by atoms with Gasteiger partial charge in [0.1, 0.15) is 0 Å². The van der Waals surface area contributed by atoms with Crippen LogP contribution in [0.15, 0.2) is 273 Å². The van der Waals surface area contributed by atoms with Gasteiger partial charge in [0.15, 0.2) is 0 Å². The molecule has 9 aromatic rings. The van der Waals surface area contributed by atoms with E-state index in [0.717, 1.165) is 86.5 Å². The zero-order valence-electron chi connectivity index (χ0n) is 35.6. The van der Waals surface area contributed by atoms with Crippen molar-refractivity contribution in [3.05, 3.63) is 273 Å². The average Bonchev–Trinajstić information content (AvgIpc) is 3.38. The third-order valence-corrected chi connectivity index (χ3v) is 11.6. The summed E-state index contributed by atoms with van der Waals surface area (Å²) in [6.45, 7) is 0. The summed E-state index contributed by atoms with van der Waals surface area (Å²) >= 11 is 0. The highest BCUT2D eigenvalue weighted by molar-refractivity contribution is 5.84. The summed E-state index contributed by atoms with van der Waals surface area (Å²) in [6.07, 6.45) is 8.95. The van der Waals surface area contributed by atoms with Crippen molar-refractivity contribution in [1.82, 2.24) is 0 Å². The Bertz CT molecular complexity index is 2890. The van der Waals surface area contributed by atoms with E-state index in [2.05, 4.69) is 287 Å². The van der Waals surface area contributed by atoms with E-state index in [9.17, 15) is 0 Å². The molecule has 9 aromatic carbocycles. The van der Waals surface area contributed by atoms with Crippen molar-refractivity contribution in [3.8, 4) is 11.1 Å². The first kappa shape index (κ1) is 39.8. The minimum atomic E-state index is 1.04. The van der Waals surface area contributed by atoms with Gasteiger partial charge in [-0.1, -0.05) is 127 Å². The molecule has 0 unspecified atom stereocenters. The third kappa shape index (κ3) is 8.58. The second-order valence-corrected chi connectivity index (χ2v) is 15.8. The van der Waals surface area contributed by atoms with Crippen molar-refractivity contribution in [1.29, 1.82) is 0 Å². The maximum absolute atomic E-state index is 2.34. The molecule has 4 heteroatoms. The van der Waals surface area contributed by atoms with Crippen molar-refractivity contribution in [3.63, 3.8) is 0 Å². The maximum Gasteiger partial charge on any atom is 0.0463 e. The molecule has 0 aliphatic heterocycles. The molecule has 0 saturated heterocycles. The van der Waals surface area contributed by atoms with E-state index in [0.29, 0.717) is 0 Å². The molecule has 1 aliphatic carbocycles. The Labute approximate surface area is 377 Å². The number of anilines is 11. The first-order valence-corrected chi connectivity index (χ1v) is 22.0. The van der Waals surface area contributed by atoms with E-state index in [1.165, 1.54) is 5.70 Å². The first-order chi connectivity index (χ1) is 31.8. The topological polar surface area (TPSA) is 13.0 Å². The number of hydrogen-bond acceptors (Lipinski definition) is 4. The van der Waals surface area contributed by atoms with Crippen molar-refractivity contribution in [2.24, 2.45) is 0 Å². The summed E-state index contributed by atoms with van der Waals surface area (Å²) < 4.78 is 0. The van der Waals surface area contributed by atoms with Gasteiger partial charge in [-0.3, -0.25) is 0 Å². The fourth-order valence-corrected chi connectivity index (χ4v) is 8.55. The monoisotopic (exact) mass is 824 g/mol. The molecule has 0 bridgehead atoms. The van der Waals surface area contributed by atoms with Crippen LogP contribution >= 0.6 is 0 Å². The van der Waals surface area contributed by atoms with Gasteiger partial charge in [-0.05, 0) is 164 Å². The van der Waals surface area contributed by atoms with Crippen LogP contribution in [0.2, 0.25) is 0 Å². The van der Waals surface area contributed by atoms with Crippen LogP contribution in [0.5, 0.6) is 0 Å². The number of hydrogen-bond donors (Lipinski definition) is 0. The summed E-state index contributed by atoms with van der Waals surface area (Å²) in [7, 11) is 0. The van der Waals surface area contributed by atoms with Gasteiger partial charge < -0.3 is 19.6 Å². The lowest BCUT2D eigenvalue weighted by Crippen LogP contribution is -2.16. The van der Waals surface area contributed by atoms with E-state index in [1.807, 2.05) is 0 Å². The zero-order valence-corrected chi connectivity index (χ0v) is 35.6. The normalized spacial score (nSPS) is 12.0. The van der Waals surface area contributed by atoms with Gasteiger partial charge in [-0.15, -0.1) is 0 Å². The molecule has 0 saturated carbocycles. The van der Waals surface area contributed by atoms with Crippen LogP contribution < -0.4 is 19.6 Å². The Morgan fingerprint density at radius 2 is 0.453 bits per heavy atom. The Morgan fingerprint density at radius 1 is 0.219 bits per heavy atom. The van der Waals surface area contributed by atoms with Gasteiger partial charge in [-0.2, -0.15) is 0 Å². The lowest BCUT2D eigenvalue weighted by Gasteiger charge is -2.29. The zero-order chi connectivity index (χ0) is 42.9. The molecule has 0 aromatic heterocycles. The third-order valence-electron chi connectivity index (χ3n) is 11.6. The second kappa shape index (κ2) is 18.7. The number of rotatable bonds is 13. The summed E-state index contributed by atoms with van der Waals surface area (Å²) in [5.41, 5.74) is 15.7. The lowest BCUT2D eigenvalue weighted by atomic mass is 10.0. The minimum Gasteiger partial charge on any atom is -0.311 e. The van der Waals surface area contributed by atoms with Gasteiger partial charge in [0, 0.05) is 68.3 Å². The average molecular weight is 825 g/mol. The summed E-state index contributed by atoms with van der Waals surface area (Å²) in [6, 6.07) is 88.5. The maximum atomic E-state index is 2.34. The van der Waals surface area contributed by atoms with Gasteiger partial charge in [0.2, 0.25) is 0 Å². The molecule has 308 valence electrons. The van der Waals surface area contributed by atoms with Crippen molar-refractivity contribution < 1.29 is 0 Å². The van der Waals surface area contributed by atoms with Gasteiger partial charge in [0.25, 0.3) is 0 Å². The highest BCUT2D eigenvalue weighted by Crippen LogP contribution is 2.41. The molecule has 0 radical (unpaired) electrons. The SMILES string of the molecule is C1=CC(N(c2ccccc2)c2ccc(N(c3ccccc3)c3ccc(-c4ccc(N(c5ccccc5)c5ccc(N(c6ccccc6)c6ccccc6)cc5)cc4)cc3)cc2)=CCC1. The van der Waals surface area contributed by atoms with Crippen molar-refractivity contribution in [2.75, 3.05) is 19.6 Å². The Hall–Kier alpha value is -8.34. The van der Waals surface area contributed by atoms with Crippen LogP contribution in [-0.2, 0) is 0 Å². The molecular weight excluding hydrogens is 777 g/mol. The summed E-state index contributed by atoms with van der Waals surface area (Å²) in [5, 5.41) is 0. The van der Waals surface area contributed by atoms with Crippen LogP contribution in [0.25, 0.3) is 11.1 Å². The highest BCUT2D eigenvalue weighted by atomic mass is 15.2. The fourth-order valence-electron chi connectivity index (χ4n) is 8.55. The van der Waals surface area contributed by atoms with Crippen molar-refractivity contribution >= 4 is 62.6 Å². The van der Waals surface area contributed by atoms with Crippen molar-refractivity contribution in [2.45, 2.75) is 12.8 Å². The molecule has 0 atom stereocenters. The van der Waals surface area contributed by atoms with Gasteiger partial charge in [0.05, 0.1) is 0 Å². The number of nitrogens with zero attached hydrogens (tertiary/aromatic N) is 4. The molecule has 0 amide bonds. The molecule has 64 heavy (non-hydrogen) atoms. The first-order valence-electron chi connectivity index (χ1n) is 22.0. The quantitative estimate of drug-likeness (QED) is 0.115. The molecule has 0 N–H and O–H groups in total. The highest BCUT2D eigenvalue weighted by Gasteiger charge is 2.19. The van der Waals surface area contributed by atoms with Crippen LogP contribution in [0, 0.1) is 0 Å². The Morgan fingerprint density at radius 3 is 0.719 bits per heavy atom. The van der Waals surface area contributed by atoms with Crippen LogP contribution in [0.4, 0.5) is 62.6 Å². The van der Waals surface area contributed by atoms with Gasteiger partial charge in [-0.25, -0.2) is 0 Å². The molecule has 1 aliphatic rings. The number of benzene rings is 9. The second-order valence-electron chi connectivity index (χ2n) is 15.8. The summed E-state index contributed by atoms with van der Waals surface area (Å²) in [5.74, 6) is 0. The smallest absolute Gasteiger partial charge is 0.0463 e. The molecule has 0 fully saturated rings. The van der Waals surface area contributed by atoms with Crippen LogP contribution in [0.3, 0.4) is 0 Å². The van der Waals surface area contributed by atoms with E-state index < -0.39 is 0 Å². The predicted molar refractivity (Wildman–Crippen MR) is 271 cm³/mol. The summed E-state index contributed by atoms with van der Waals surface area (Å²) in [4.78, 5) is 9.27. The molecule has 0 heterocycles. The molecular formula is C60H48N4. The van der Waals surface area contributed by atoms with E-state index in [-0.39, 0.29) is 0 Å². The van der Waals surface area contributed by atoms with Gasteiger partial charge >= 0.3 is 0 Å². The Kier molecular flexibility index (Phi) is 11.6. The predicted octanol–water partition coefficient (Wildman–Crippen LogP) is 17.1. The molecule has 0 spiro atoms. The number of allylic oxidation sites excluding steroid dienone is 3. The lowest BCUT2D eigenvalue weighted by molar-refractivity contribution is 0.997. The van der Waals surface area contributed by atoms with E-state index in [4.69, 9.17) is 0 Å². The molecule has 4 nitrogen and oxygen atoms in total. The van der Waals surface area contributed by atoms with Crippen LogP contribution in [0.1, 0.15) is 12.8 Å². The molecule has 10 rings (SSSR count). The van der Waals surface area contributed by atoms with E-state index in [1.54, 1.807) is 0 Å². The largest absolute Gasteiger partial charge is 0.311 e. The fraction of sp³-hybridized carbons (Fsp3) is 0.0333. The number of para-hydroxylation sites is 5.